The number of carbonyl (C=O) groups is 4. The van der Waals surface area contributed by atoms with Crippen LogP contribution < -0.4 is 5.32 Å². The highest BCUT2D eigenvalue weighted by atomic mass is 32.2. The van der Waals surface area contributed by atoms with Gasteiger partial charge < -0.3 is 19.9 Å². The molecular formula is C54H103NO7S. The molecule has 0 saturated carbocycles. The molecule has 9 heteroatoms. The van der Waals surface area contributed by atoms with Gasteiger partial charge in [0.05, 0.1) is 0 Å². The van der Waals surface area contributed by atoms with E-state index in [1.54, 1.807) is 0 Å². The standard InChI is InChI=1S/C54H103NO7S/c1-4-7-10-13-16-19-22-25-28-31-34-37-40-43-51(56)55-50(54(59)60)48-63-47-49(62-53(58)45-42-39-36-33-30-27-24-21-18-15-12-9-6-3)46-61-52(57)44-41-38-35-32-29-26-23-20-17-14-11-8-5-2/h49-50H,4-48H2,1-3H3,(H,55,56)(H,59,60)/t49-,50-/m1/s1. The van der Waals surface area contributed by atoms with Gasteiger partial charge in [-0.3, -0.25) is 14.4 Å². The summed E-state index contributed by atoms with van der Waals surface area (Å²) in [5, 5.41) is 12.6. The van der Waals surface area contributed by atoms with E-state index < -0.39 is 18.1 Å². The fourth-order valence-electron chi connectivity index (χ4n) is 8.26. The molecular weight excluding hydrogens is 807 g/mol. The Morgan fingerprint density at radius 2 is 0.714 bits per heavy atom. The number of esters is 2. The summed E-state index contributed by atoms with van der Waals surface area (Å²) in [7, 11) is 0. The second-order valence-electron chi connectivity index (χ2n) is 18.8. The summed E-state index contributed by atoms with van der Waals surface area (Å²) in [6.07, 6.45) is 48.4. The molecule has 2 N–H and O–H groups in total. The summed E-state index contributed by atoms with van der Waals surface area (Å²) in [6, 6.07) is -1.04. The first-order chi connectivity index (χ1) is 30.8. The highest BCUT2D eigenvalue weighted by Gasteiger charge is 2.23. The molecule has 0 aliphatic rings. The van der Waals surface area contributed by atoms with E-state index in [9.17, 15) is 24.3 Å². The van der Waals surface area contributed by atoms with Crippen LogP contribution in [-0.4, -0.2) is 59.2 Å². The van der Waals surface area contributed by atoms with Gasteiger partial charge in [-0.25, -0.2) is 4.79 Å². The number of ether oxygens (including phenoxy) is 2. The van der Waals surface area contributed by atoms with Crippen LogP contribution in [0.25, 0.3) is 0 Å². The van der Waals surface area contributed by atoms with Gasteiger partial charge in [0.15, 0.2) is 0 Å². The number of carboxylic acid groups (broad SMARTS) is 1. The van der Waals surface area contributed by atoms with E-state index in [2.05, 4.69) is 26.1 Å². The third-order valence-electron chi connectivity index (χ3n) is 12.4. The summed E-state index contributed by atoms with van der Waals surface area (Å²) in [5.74, 6) is -1.49. The van der Waals surface area contributed by atoms with Crippen molar-refractivity contribution in [3.8, 4) is 0 Å². The molecule has 0 bridgehead atoms. The number of hydrogen-bond acceptors (Lipinski definition) is 7. The lowest BCUT2D eigenvalue weighted by atomic mass is 10.0. The lowest BCUT2D eigenvalue weighted by Gasteiger charge is -2.19. The number of amides is 1. The number of carboxylic acids is 1. The third-order valence-corrected chi connectivity index (χ3v) is 13.6. The molecule has 1 amide bonds. The first-order valence-corrected chi connectivity index (χ1v) is 28.4. The van der Waals surface area contributed by atoms with Crippen LogP contribution in [0.1, 0.15) is 290 Å². The zero-order chi connectivity index (χ0) is 46.1. The second-order valence-corrected chi connectivity index (χ2v) is 19.8. The van der Waals surface area contributed by atoms with Crippen molar-refractivity contribution in [1.82, 2.24) is 5.32 Å². The van der Waals surface area contributed by atoms with Gasteiger partial charge in [-0.2, -0.15) is 11.8 Å². The lowest BCUT2D eigenvalue weighted by Crippen LogP contribution is -2.42. The number of hydrogen-bond donors (Lipinski definition) is 2. The van der Waals surface area contributed by atoms with Crippen LogP contribution >= 0.6 is 11.8 Å². The molecule has 0 aliphatic carbocycles. The van der Waals surface area contributed by atoms with Gasteiger partial charge in [0.2, 0.25) is 5.91 Å². The van der Waals surface area contributed by atoms with E-state index in [1.807, 2.05) is 0 Å². The molecule has 0 fully saturated rings. The molecule has 0 spiro atoms. The van der Waals surface area contributed by atoms with Crippen molar-refractivity contribution >= 4 is 35.6 Å². The van der Waals surface area contributed by atoms with Gasteiger partial charge in [0.25, 0.3) is 0 Å². The summed E-state index contributed by atoms with van der Waals surface area (Å²) in [4.78, 5) is 50.3. The Kier molecular flexibility index (Phi) is 48.3. The summed E-state index contributed by atoms with van der Waals surface area (Å²) in [5.41, 5.74) is 0. The Hall–Kier alpha value is -1.77. The van der Waals surface area contributed by atoms with Gasteiger partial charge in [-0.1, -0.05) is 252 Å². The molecule has 2 atom stereocenters. The first kappa shape index (κ1) is 61.2. The molecule has 0 unspecified atom stereocenters. The largest absolute Gasteiger partial charge is 0.480 e. The van der Waals surface area contributed by atoms with Crippen LogP contribution in [0, 0.1) is 0 Å². The minimum Gasteiger partial charge on any atom is -0.480 e. The molecule has 63 heavy (non-hydrogen) atoms. The van der Waals surface area contributed by atoms with Crippen LogP contribution in [-0.2, 0) is 28.7 Å². The van der Waals surface area contributed by atoms with Gasteiger partial charge >= 0.3 is 17.9 Å². The fourth-order valence-corrected chi connectivity index (χ4v) is 9.28. The van der Waals surface area contributed by atoms with Crippen LogP contribution in [0.4, 0.5) is 0 Å². The number of unbranched alkanes of at least 4 members (excludes halogenated alkanes) is 36. The van der Waals surface area contributed by atoms with Crippen molar-refractivity contribution in [2.45, 2.75) is 303 Å². The number of aliphatic carboxylic acids is 1. The summed E-state index contributed by atoms with van der Waals surface area (Å²) < 4.78 is 11.4. The maximum absolute atomic E-state index is 12.9. The fraction of sp³-hybridized carbons (Fsp3) is 0.926. The first-order valence-electron chi connectivity index (χ1n) is 27.3. The Morgan fingerprint density at radius 1 is 0.413 bits per heavy atom. The molecule has 0 saturated heterocycles. The van der Waals surface area contributed by atoms with Crippen LogP contribution in [0.5, 0.6) is 0 Å². The van der Waals surface area contributed by atoms with Crippen molar-refractivity contribution in [2.24, 2.45) is 0 Å². The van der Waals surface area contributed by atoms with E-state index in [0.717, 1.165) is 57.8 Å². The summed E-state index contributed by atoms with van der Waals surface area (Å²) in [6.45, 7) is 6.72. The molecule has 0 radical (unpaired) electrons. The van der Waals surface area contributed by atoms with Crippen molar-refractivity contribution in [3.63, 3.8) is 0 Å². The Balaban J connectivity index is 4.59. The number of thioether (sulfide) groups is 1. The molecule has 0 aromatic carbocycles. The molecule has 372 valence electrons. The topological polar surface area (TPSA) is 119 Å². The van der Waals surface area contributed by atoms with Gasteiger partial charge in [-0.15, -0.1) is 0 Å². The predicted octanol–water partition coefficient (Wildman–Crippen LogP) is 16.2. The minimum atomic E-state index is -1.08. The molecule has 0 rings (SSSR count). The minimum absolute atomic E-state index is 0.0439. The highest BCUT2D eigenvalue weighted by molar-refractivity contribution is 7.99. The lowest BCUT2D eigenvalue weighted by molar-refractivity contribution is -0.157. The van der Waals surface area contributed by atoms with Gasteiger partial charge in [-0.05, 0) is 19.3 Å². The molecule has 0 aliphatic heterocycles. The average molecular weight is 910 g/mol. The van der Waals surface area contributed by atoms with Crippen molar-refractivity contribution in [3.05, 3.63) is 0 Å². The van der Waals surface area contributed by atoms with Crippen LogP contribution in [0.3, 0.4) is 0 Å². The quantitative estimate of drug-likeness (QED) is 0.0457. The molecule has 0 aromatic heterocycles. The zero-order valence-electron chi connectivity index (χ0n) is 41.8. The third kappa shape index (κ3) is 46.6. The van der Waals surface area contributed by atoms with E-state index >= 15 is 0 Å². The maximum atomic E-state index is 12.9. The second kappa shape index (κ2) is 49.7. The van der Waals surface area contributed by atoms with E-state index in [0.29, 0.717) is 19.3 Å². The number of rotatable bonds is 51. The van der Waals surface area contributed by atoms with E-state index in [1.165, 1.54) is 204 Å². The smallest absolute Gasteiger partial charge is 0.327 e. The normalized spacial score (nSPS) is 12.3. The van der Waals surface area contributed by atoms with Crippen LogP contribution in [0.2, 0.25) is 0 Å². The maximum Gasteiger partial charge on any atom is 0.327 e. The average Bonchev–Trinajstić information content (AvgIpc) is 3.27. The molecule has 0 heterocycles. The van der Waals surface area contributed by atoms with Gasteiger partial charge in [0, 0.05) is 30.8 Å². The van der Waals surface area contributed by atoms with Crippen molar-refractivity contribution in [2.75, 3.05) is 18.1 Å². The SMILES string of the molecule is CCCCCCCCCCCCCCCC(=O)N[C@H](CSC[C@@H](COC(=O)CCCCCCCCCCCCCCC)OC(=O)CCCCCCCCCCCCCCC)C(=O)O. The Morgan fingerprint density at radius 3 is 1.05 bits per heavy atom. The van der Waals surface area contributed by atoms with E-state index in [-0.39, 0.29) is 36.0 Å². The molecule has 0 aromatic rings. The van der Waals surface area contributed by atoms with E-state index in [4.69, 9.17) is 9.47 Å². The van der Waals surface area contributed by atoms with Crippen molar-refractivity contribution < 1.29 is 33.8 Å². The molecule has 8 nitrogen and oxygen atoms in total. The van der Waals surface area contributed by atoms with Crippen LogP contribution in [0.15, 0.2) is 0 Å². The number of carbonyl (C=O) groups excluding carboxylic acids is 3. The zero-order valence-corrected chi connectivity index (χ0v) is 42.6. The number of nitrogens with one attached hydrogen (secondary N) is 1. The predicted molar refractivity (Wildman–Crippen MR) is 269 cm³/mol. The Bertz CT molecular complexity index is 1030. The monoisotopic (exact) mass is 910 g/mol. The van der Waals surface area contributed by atoms with Gasteiger partial charge in [0.1, 0.15) is 18.8 Å². The van der Waals surface area contributed by atoms with Crippen molar-refractivity contribution in [1.29, 1.82) is 0 Å². The Labute approximate surface area is 393 Å². The summed E-state index contributed by atoms with van der Waals surface area (Å²) >= 11 is 1.30. The highest BCUT2D eigenvalue weighted by Crippen LogP contribution is 2.18.